The molecule has 2 N–H and O–H groups in total. The summed E-state index contributed by atoms with van der Waals surface area (Å²) in [5.41, 5.74) is 11.3. The lowest BCUT2D eigenvalue weighted by atomic mass is 10.1. The Morgan fingerprint density at radius 2 is 1.81 bits per heavy atom. The van der Waals surface area contributed by atoms with Crippen molar-refractivity contribution in [3.05, 3.63) is 94.6 Å². The number of halogens is 1. The maximum absolute atomic E-state index is 13.4. The average molecular weight is 460 g/mol. The zero-order chi connectivity index (χ0) is 22.2. The van der Waals surface area contributed by atoms with E-state index in [0.717, 1.165) is 27.3 Å². The van der Waals surface area contributed by atoms with E-state index in [9.17, 15) is 4.79 Å². The van der Waals surface area contributed by atoms with Gasteiger partial charge in [0.1, 0.15) is 16.5 Å². The molecule has 2 aromatic carbocycles. The normalized spacial score (nSPS) is 11.1. The van der Waals surface area contributed by atoms with Crippen molar-refractivity contribution in [1.82, 2.24) is 9.38 Å². The minimum atomic E-state index is -0.160. The Kier molecular flexibility index (Phi) is 5.17. The molecule has 0 aliphatic heterocycles. The van der Waals surface area contributed by atoms with Gasteiger partial charge in [0.05, 0.1) is 29.6 Å². The fraction of sp³-hybridized carbons (Fsp3) is 0.0400. The van der Waals surface area contributed by atoms with E-state index in [2.05, 4.69) is 0 Å². The summed E-state index contributed by atoms with van der Waals surface area (Å²) < 4.78 is 7.03. The summed E-state index contributed by atoms with van der Waals surface area (Å²) in [5.74, 6) is 0.528. The molecule has 0 bridgehead atoms. The van der Waals surface area contributed by atoms with E-state index in [0.29, 0.717) is 27.7 Å². The van der Waals surface area contributed by atoms with Gasteiger partial charge >= 0.3 is 0 Å². The van der Waals surface area contributed by atoms with E-state index < -0.39 is 0 Å². The Bertz CT molecular complexity index is 1440. The summed E-state index contributed by atoms with van der Waals surface area (Å²) in [6.07, 6.45) is 1.85. The summed E-state index contributed by atoms with van der Waals surface area (Å²) in [4.78, 5) is 18.2. The molecule has 5 nitrogen and oxygen atoms in total. The number of pyridine rings is 1. The minimum Gasteiger partial charge on any atom is -0.497 e. The number of ether oxygens (including phenoxy) is 1. The molecule has 5 rings (SSSR count). The van der Waals surface area contributed by atoms with Crippen LogP contribution in [0.15, 0.2) is 78.3 Å². The van der Waals surface area contributed by atoms with Gasteiger partial charge in [0, 0.05) is 27.7 Å². The van der Waals surface area contributed by atoms with Crippen molar-refractivity contribution in [3.8, 4) is 27.6 Å². The van der Waals surface area contributed by atoms with Gasteiger partial charge in [-0.05, 0) is 48.5 Å². The highest BCUT2D eigenvalue weighted by Crippen LogP contribution is 2.39. The molecule has 0 radical (unpaired) electrons. The first-order valence-corrected chi connectivity index (χ1v) is 11.1. The largest absolute Gasteiger partial charge is 0.497 e. The fourth-order valence-electron chi connectivity index (χ4n) is 3.71. The number of fused-ring (bicyclic) bond motifs is 1. The number of nitrogens with zero attached hydrogens (tertiary/aromatic N) is 2. The molecule has 3 aromatic heterocycles. The average Bonchev–Trinajstić information content (AvgIpc) is 3.41. The van der Waals surface area contributed by atoms with Gasteiger partial charge in [-0.25, -0.2) is 4.98 Å². The van der Waals surface area contributed by atoms with Crippen molar-refractivity contribution < 1.29 is 9.53 Å². The van der Waals surface area contributed by atoms with Gasteiger partial charge in [-0.15, -0.1) is 11.3 Å². The van der Waals surface area contributed by atoms with Crippen LogP contribution in [0.5, 0.6) is 5.75 Å². The SMILES string of the molecule is COc1ccc(C(=O)c2c(N)c(-c3nc(-c4ccc(Cl)cc4)cs3)c3ccccn23)cc1. The number of nitrogens with two attached hydrogens (primary N) is 1. The third-order valence-corrected chi connectivity index (χ3v) is 6.42. The molecule has 3 heterocycles. The van der Waals surface area contributed by atoms with Crippen LogP contribution in [-0.2, 0) is 0 Å². The number of thiazole rings is 1. The third-order valence-electron chi connectivity index (χ3n) is 5.31. The standard InChI is InChI=1S/C25H18ClN3O2S/c1-31-18-11-7-16(8-12-18)24(30)23-22(27)21(20-4-2-3-13-29(20)23)25-28-19(14-32-25)15-5-9-17(26)10-6-15/h2-14H,27H2,1H3. The summed E-state index contributed by atoms with van der Waals surface area (Å²) in [5, 5.41) is 3.41. The van der Waals surface area contributed by atoms with Crippen molar-refractivity contribution in [3.63, 3.8) is 0 Å². The summed E-state index contributed by atoms with van der Waals surface area (Å²) in [7, 11) is 1.59. The minimum absolute atomic E-state index is 0.160. The van der Waals surface area contributed by atoms with E-state index in [1.165, 1.54) is 11.3 Å². The molecule has 0 amide bonds. The zero-order valence-electron chi connectivity index (χ0n) is 17.1. The molecule has 158 valence electrons. The summed E-state index contributed by atoms with van der Waals surface area (Å²) in [6, 6.07) is 20.3. The molecule has 32 heavy (non-hydrogen) atoms. The lowest BCUT2D eigenvalue weighted by molar-refractivity contribution is 0.103. The number of benzene rings is 2. The van der Waals surface area contributed by atoms with Crippen LogP contribution in [0.2, 0.25) is 5.02 Å². The molecule has 5 aromatic rings. The highest BCUT2D eigenvalue weighted by Gasteiger charge is 2.25. The second-order valence-corrected chi connectivity index (χ2v) is 8.49. The van der Waals surface area contributed by atoms with Gasteiger partial charge in [-0.3, -0.25) is 4.79 Å². The number of aromatic nitrogens is 2. The highest BCUT2D eigenvalue weighted by molar-refractivity contribution is 7.13. The molecule has 0 aliphatic rings. The molecule has 0 aliphatic carbocycles. The molecular weight excluding hydrogens is 442 g/mol. The molecule has 0 unspecified atom stereocenters. The van der Waals surface area contributed by atoms with Crippen molar-refractivity contribution in [1.29, 1.82) is 0 Å². The van der Waals surface area contributed by atoms with Crippen molar-refractivity contribution >= 4 is 39.9 Å². The fourth-order valence-corrected chi connectivity index (χ4v) is 4.73. The lowest BCUT2D eigenvalue weighted by Gasteiger charge is -2.05. The molecule has 0 saturated heterocycles. The Hall–Kier alpha value is -3.61. The first kappa shape index (κ1) is 20.3. The Morgan fingerprint density at radius 1 is 1.06 bits per heavy atom. The predicted octanol–water partition coefficient (Wildman–Crippen LogP) is 6.21. The van der Waals surface area contributed by atoms with Crippen LogP contribution in [0.1, 0.15) is 16.1 Å². The van der Waals surface area contributed by atoms with E-state index in [1.54, 1.807) is 31.4 Å². The Morgan fingerprint density at radius 3 is 2.53 bits per heavy atom. The smallest absolute Gasteiger partial charge is 0.211 e. The van der Waals surface area contributed by atoms with Gasteiger partial charge in [0.15, 0.2) is 0 Å². The van der Waals surface area contributed by atoms with E-state index in [1.807, 2.05) is 58.4 Å². The molecule has 0 spiro atoms. The monoisotopic (exact) mass is 459 g/mol. The second-order valence-electron chi connectivity index (χ2n) is 7.20. The van der Waals surface area contributed by atoms with E-state index in [-0.39, 0.29) is 5.78 Å². The van der Waals surface area contributed by atoms with Gasteiger partial charge in [0.25, 0.3) is 0 Å². The Labute approximate surface area is 193 Å². The van der Waals surface area contributed by atoms with Gasteiger partial charge < -0.3 is 14.9 Å². The first-order chi connectivity index (χ1) is 15.6. The molecule has 0 fully saturated rings. The van der Waals surface area contributed by atoms with Crippen LogP contribution in [0.4, 0.5) is 5.69 Å². The number of anilines is 1. The summed E-state index contributed by atoms with van der Waals surface area (Å²) in [6.45, 7) is 0. The van der Waals surface area contributed by atoms with Gasteiger partial charge in [-0.2, -0.15) is 0 Å². The van der Waals surface area contributed by atoms with Crippen molar-refractivity contribution in [2.75, 3.05) is 12.8 Å². The van der Waals surface area contributed by atoms with Crippen LogP contribution < -0.4 is 10.5 Å². The van der Waals surface area contributed by atoms with Gasteiger partial charge in [0.2, 0.25) is 5.78 Å². The van der Waals surface area contributed by atoms with Gasteiger partial charge in [-0.1, -0.05) is 29.8 Å². The second kappa shape index (κ2) is 8.15. The van der Waals surface area contributed by atoms with Crippen LogP contribution in [0, 0.1) is 0 Å². The number of methoxy groups -OCH3 is 1. The highest BCUT2D eigenvalue weighted by atomic mass is 35.5. The zero-order valence-corrected chi connectivity index (χ0v) is 18.7. The van der Waals surface area contributed by atoms with Crippen LogP contribution in [0.3, 0.4) is 0 Å². The number of nitrogen functional groups attached to an aromatic ring is 1. The molecule has 0 atom stereocenters. The molecular formula is C25H18ClN3O2S. The van der Waals surface area contributed by atoms with E-state index >= 15 is 0 Å². The predicted molar refractivity (Wildman–Crippen MR) is 130 cm³/mol. The van der Waals surface area contributed by atoms with Crippen LogP contribution in [-0.4, -0.2) is 22.3 Å². The van der Waals surface area contributed by atoms with E-state index in [4.69, 9.17) is 27.1 Å². The topological polar surface area (TPSA) is 69.6 Å². The quantitative estimate of drug-likeness (QED) is 0.317. The van der Waals surface area contributed by atoms with Crippen LogP contribution >= 0.6 is 22.9 Å². The lowest BCUT2D eigenvalue weighted by Crippen LogP contribution is -2.08. The number of hydrogen-bond donors (Lipinski definition) is 1. The number of rotatable bonds is 5. The van der Waals surface area contributed by atoms with Crippen molar-refractivity contribution in [2.24, 2.45) is 0 Å². The number of carbonyl (C=O) groups excluding carboxylic acids is 1. The maximum Gasteiger partial charge on any atom is 0.211 e. The number of carbonyl (C=O) groups is 1. The Balaban J connectivity index is 1.63. The van der Waals surface area contributed by atoms with Crippen LogP contribution in [0.25, 0.3) is 27.3 Å². The number of hydrogen-bond acceptors (Lipinski definition) is 5. The maximum atomic E-state index is 13.4. The molecule has 0 saturated carbocycles. The third kappa shape index (κ3) is 3.43. The summed E-state index contributed by atoms with van der Waals surface area (Å²) >= 11 is 7.50. The molecule has 7 heteroatoms. The van der Waals surface area contributed by atoms with Crippen molar-refractivity contribution in [2.45, 2.75) is 0 Å². The number of ketones is 1. The first-order valence-electron chi connectivity index (χ1n) is 9.86.